The molecule has 0 atom stereocenters. The van der Waals surface area contributed by atoms with Gasteiger partial charge in [0.05, 0.1) is 11.4 Å². The number of hydrogen-bond donors (Lipinski definition) is 0. The van der Waals surface area contributed by atoms with Gasteiger partial charge in [-0.2, -0.15) is 0 Å². The molecule has 1 aliphatic heterocycles. The summed E-state index contributed by atoms with van der Waals surface area (Å²) in [6, 6.07) is 22.7. The Hall–Kier alpha value is -3.02. The molecule has 2 amide bonds. The highest BCUT2D eigenvalue weighted by Crippen LogP contribution is 2.33. The number of carbonyl (C=O) groups excluding carboxylic acids is 2. The van der Waals surface area contributed by atoms with Crippen LogP contribution in [0.4, 0.5) is 4.79 Å². The molecule has 4 rings (SSSR count). The van der Waals surface area contributed by atoms with Crippen LogP contribution in [0.3, 0.4) is 0 Å². The highest BCUT2D eigenvalue weighted by Gasteiger charge is 2.34. The fourth-order valence-electron chi connectivity index (χ4n) is 3.19. The SMILES string of the molecule is Cc1cccc(CN2C(=O)S/C(=C\c3ccc(OCc4ccc(Cl)cc4)cc3)C2=O)c1. The molecule has 1 saturated heterocycles. The van der Waals surface area contributed by atoms with Crippen molar-refractivity contribution < 1.29 is 14.3 Å². The Morgan fingerprint density at radius 2 is 1.71 bits per heavy atom. The van der Waals surface area contributed by atoms with Gasteiger partial charge in [-0.05, 0) is 65.7 Å². The first kappa shape index (κ1) is 21.2. The lowest BCUT2D eigenvalue weighted by Crippen LogP contribution is -2.27. The molecule has 0 aromatic heterocycles. The smallest absolute Gasteiger partial charge is 0.293 e. The maximum absolute atomic E-state index is 12.7. The minimum Gasteiger partial charge on any atom is -0.489 e. The zero-order valence-corrected chi connectivity index (χ0v) is 18.5. The van der Waals surface area contributed by atoms with Gasteiger partial charge in [0.15, 0.2) is 0 Å². The maximum Gasteiger partial charge on any atom is 0.293 e. The van der Waals surface area contributed by atoms with Crippen LogP contribution in [0, 0.1) is 6.92 Å². The van der Waals surface area contributed by atoms with Gasteiger partial charge in [0.2, 0.25) is 0 Å². The number of aryl methyl sites for hydroxylation is 1. The average molecular weight is 450 g/mol. The van der Waals surface area contributed by atoms with E-state index < -0.39 is 0 Å². The van der Waals surface area contributed by atoms with Crippen molar-refractivity contribution in [3.63, 3.8) is 0 Å². The van der Waals surface area contributed by atoms with Gasteiger partial charge in [-0.3, -0.25) is 14.5 Å². The largest absolute Gasteiger partial charge is 0.489 e. The quantitative estimate of drug-likeness (QED) is 0.405. The van der Waals surface area contributed by atoms with E-state index in [0.717, 1.165) is 39.8 Å². The fraction of sp³-hybridized carbons (Fsp3) is 0.120. The minimum atomic E-state index is -0.264. The second kappa shape index (κ2) is 9.41. The Bertz CT molecular complexity index is 1140. The van der Waals surface area contributed by atoms with Crippen molar-refractivity contribution in [3.05, 3.63) is 105 Å². The lowest BCUT2D eigenvalue weighted by Gasteiger charge is -2.12. The summed E-state index contributed by atoms with van der Waals surface area (Å²) in [4.78, 5) is 26.8. The minimum absolute atomic E-state index is 0.249. The number of amides is 2. The summed E-state index contributed by atoms with van der Waals surface area (Å²) in [5.41, 5.74) is 3.89. The predicted molar refractivity (Wildman–Crippen MR) is 125 cm³/mol. The molecule has 0 spiro atoms. The molecule has 31 heavy (non-hydrogen) atoms. The number of halogens is 1. The highest BCUT2D eigenvalue weighted by atomic mass is 35.5. The molecular weight excluding hydrogens is 430 g/mol. The molecule has 4 nitrogen and oxygen atoms in total. The molecular formula is C25H20ClNO3S. The molecule has 0 radical (unpaired) electrons. The Balaban J connectivity index is 1.40. The van der Waals surface area contributed by atoms with Gasteiger partial charge in [-0.25, -0.2) is 0 Å². The van der Waals surface area contributed by atoms with Crippen molar-refractivity contribution in [1.82, 2.24) is 4.90 Å². The third-order valence-corrected chi connectivity index (χ3v) is 5.95. The zero-order valence-electron chi connectivity index (χ0n) is 16.9. The van der Waals surface area contributed by atoms with E-state index in [-0.39, 0.29) is 17.7 Å². The van der Waals surface area contributed by atoms with Crippen LogP contribution >= 0.6 is 23.4 Å². The van der Waals surface area contributed by atoms with E-state index in [0.29, 0.717) is 16.5 Å². The summed E-state index contributed by atoms with van der Waals surface area (Å²) in [5.74, 6) is 0.458. The first-order valence-electron chi connectivity index (χ1n) is 9.76. The van der Waals surface area contributed by atoms with Crippen LogP contribution in [0.1, 0.15) is 22.3 Å². The standard InChI is InChI=1S/C25H20ClNO3S/c1-17-3-2-4-20(13-17)15-27-24(28)23(31-25(27)29)14-18-7-11-22(12-8-18)30-16-19-5-9-21(26)10-6-19/h2-14H,15-16H2,1H3/b23-14-. The Labute approximate surface area is 190 Å². The third kappa shape index (κ3) is 5.37. The monoisotopic (exact) mass is 449 g/mol. The fourth-order valence-corrected chi connectivity index (χ4v) is 4.15. The molecule has 6 heteroatoms. The van der Waals surface area contributed by atoms with E-state index in [1.165, 1.54) is 4.90 Å². The molecule has 0 bridgehead atoms. The second-order valence-corrected chi connectivity index (χ2v) is 8.67. The summed E-state index contributed by atoms with van der Waals surface area (Å²) in [5, 5.41) is 0.442. The van der Waals surface area contributed by atoms with Gasteiger partial charge < -0.3 is 4.74 Å². The number of thioether (sulfide) groups is 1. The van der Waals surface area contributed by atoms with Crippen LogP contribution in [-0.2, 0) is 17.9 Å². The average Bonchev–Trinajstić information content (AvgIpc) is 3.02. The van der Waals surface area contributed by atoms with E-state index >= 15 is 0 Å². The van der Waals surface area contributed by atoms with Gasteiger partial charge in [-0.15, -0.1) is 0 Å². The second-order valence-electron chi connectivity index (χ2n) is 7.24. The molecule has 0 N–H and O–H groups in total. The Morgan fingerprint density at radius 1 is 0.968 bits per heavy atom. The van der Waals surface area contributed by atoms with Crippen molar-refractivity contribution in [2.45, 2.75) is 20.1 Å². The van der Waals surface area contributed by atoms with Crippen LogP contribution < -0.4 is 4.74 Å². The van der Waals surface area contributed by atoms with Gasteiger partial charge in [-0.1, -0.05) is 65.7 Å². The molecule has 0 unspecified atom stereocenters. The molecule has 3 aromatic carbocycles. The number of imide groups is 1. The number of hydrogen-bond acceptors (Lipinski definition) is 4. The summed E-state index contributed by atoms with van der Waals surface area (Å²) in [6.45, 7) is 2.70. The van der Waals surface area contributed by atoms with Crippen molar-refractivity contribution in [3.8, 4) is 5.75 Å². The molecule has 1 aliphatic rings. The molecule has 3 aromatic rings. The van der Waals surface area contributed by atoms with E-state index in [1.54, 1.807) is 6.08 Å². The Kier molecular flexibility index (Phi) is 6.44. The van der Waals surface area contributed by atoms with E-state index in [1.807, 2.05) is 79.7 Å². The van der Waals surface area contributed by atoms with Crippen molar-refractivity contribution in [2.75, 3.05) is 0 Å². The first-order valence-corrected chi connectivity index (χ1v) is 11.0. The lowest BCUT2D eigenvalue weighted by atomic mass is 10.1. The van der Waals surface area contributed by atoms with Crippen LogP contribution in [0.2, 0.25) is 5.02 Å². The van der Waals surface area contributed by atoms with Gasteiger partial charge in [0.1, 0.15) is 12.4 Å². The summed E-state index contributed by atoms with van der Waals surface area (Å²) in [7, 11) is 0. The molecule has 156 valence electrons. The number of rotatable bonds is 6. The predicted octanol–water partition coefficient (Wildman–Crippen LogP) is 6.46. The van der Waals surface area contributed by atoms with Gasteiger partial charge in [0, 0.05) is 5.02 Å². The highest BCUT2D eigenvalue weighted by molar-refractivity contribution is 8.18. The van der Waals surface area contributed by atoms with Gasteiger partial charge in [0.25, 0.3) is 11.1 Å². The third-order valence-electron chi connectivity index (χ3n) is 4.79. The number of nitrogens with zero attached hydrogens (tertiary/aromatic N) is 1. The number of benzene rings is 3. The van der Waals surface area contributed by atoms with E-state index in [9.17, 15) is 9.59 Å². The van der Waals surface area contributed by atoms with Crippen molar-refractivity contribution >= 4 is 40.6 Å². The summed E-state index contributed by atoms with van der Waals surface area (Å²) >= 11 is 6.86. The van der Waals surface area contributed by atoms with Crippen molar-refractivity contribution in [1.29, 1.82) is 0 Å². The van der Waals surface area contributed by atoms with Crippen LogP contribution in [0.5, 0.6) is 5.75 Å². The molecule has 1 fully saturated rings. The molecule has 0 aliphatic carbocycles. The van der Waals surface area contributed by atoms with Crippen LogP contribution in [-0.4, -0.2) is 16.0 Å². The lowest BCUT2D eigenvalue weighted by molar-refractivity contribution is -0.123. The van der Waals surface area contributed by atoms with Crippen LogP contribution in [0.25, 0.3) is 6.08 Å². The van der Waals surface area contributed by atoms with Crippen LogP contribution in [0.15, 0.2) is 77.7 Å². The number of carbonyl (C=O) groups is 2. The normalized spacial score (nSPS) is 15.0. The summed E-state index contributed by atoms with van der Waals surface area (Å²) < 4.78 is 5.79. The van der Waals surface area contributed by atoms with Gasteiger partial charge >= 0.3 is 0 Å². The summed E-state index contributed by atoms with van der Waals surface area (Å²) in [6.07, 6.45) is 1.74. The maximum atomic E-state index is 12.7. The molecule has 0 saturated carbocycles. The zero-order chi connectivity index (χ0) is 21.8. The molecule has 1 heterocycles. The first-order chi connectivity index (χ1) is 15.0. The van der Waals surface area contributed by atoms with Crippen molar-refractivity contribution in [2.24, 2.45) is 0 Å². The van der Waals surface area contributed by atoms with E-state index in [4.69, 9.17) is 16.3 Å². The topological polar surface area (TPSA) is 46.6 Å². The van der Waals surface area contributed by atoms with E-state index in [2.05, 4.69) is 0 Å². The number of ether oxygens (including phenoxy) is 1. The Morgan fingerprint density at radius 3 is 2.42 bits per heavy atom.